The first-order chi connectivity index (χ1) is 43.6. The Balaban J connectivity index is 0.000000536. The molecule has 4 rings (SSSR count). The SMILES string of the molecule is CCCCC(CC)CN(CC(CC)CCCC)S(=O)(=O)c1ccc(N)cc1.CCCCC(CC)CN(CC(CC)CCCC)S(=O)(=O)c1ccc(N=Nc2c(C)c(C#N)c(O)n(N(C)C(=O)C(C)(C)C)c2=O)cc1.Cc1cc(=O)n(N(C)C(=O)C(C)(C)C)c(O)c1C#N. The Kier molecular flexibility index (Phi) is 34.0. The Bertz CT molecular complexity index is 3470. The molecule has 21 nitrogen and oxygen atoms in total. The lowest BCUT2D eigenvalue weighted by molar-refractivity contribution is -0.127. The van der Waals surface area contributed by atoms with E-state index in [1.54, 1.807) is 81.3 Å². The van der Waals surface area contributed by atoms with E-state index in [9.17, 15) is 51.5 Å². The number of nitrogen functional groups attached to an aromatic ring is 1. The van der Waals surface area contributed by atoms with Crippen molar-refractivity contribution in [1.29, 1.82) is 10.5 Å². The van der Waals surface area contributed by atoms with Crippen LogP contribution < -0.4 is 26.9 Å². The molecular formula is C70H111N11O10S2. The smallest absolute Gasteiger partial charge is 0.300 e. The summed E-state index contributed by atoms with van der Waals surface area (Å²) in [6.45, 7) is 32.5. The number of benzene rings is 2. The summed E-state index contributed by atoms with van der Waals surface area (Å²) < 4.78 is 59.8. The average Bonchev–Trinajstić information content (AvgIpc) is 0.808. The number of rotatable bonds is 32. The van der Waals surface area contributed by atoms with Gasteiger partial charge in [-0.25, -0.2) is 26.9 Å². The van der Waals surface area contributed by atoms with Crippen LogP contribution in [-0.2, 0) is 29.6 Å². The van der Waals surface area contributed by atoms with E-state index < -0.39 is 59.7 Å². The number of sulfonamides is 2. The summed E-state index contributed by atoms with van der Waals surface area (Å²) >= 11 is 0. The lowest BCUT2D eigenvalue weighted by Crippen LogP contribution is -2.48. The van der Waals surface area contributed by atoms with Crippen molar-refractivity contribution in [2.75, 3.05) is 56.0 Å². The van der Waals surface area contributed by atoms with Crippen LogP contribution in [0.4, 0.5) is 17.1 Å². The Morgan fingerprint density at radius 3 is 1.22 bits per heavy atom. The molecule has 2 aromatic carbocycles. The van der Waals surface area contributed by atoms with E-state index in [2.05, 4.69) is 65.6 Å². The highest BCUT2D eigenvalue weighted by Gasteiger charge is 2.34. The van der Waals surface area contributed by atoms with Crippen molar-refractivity contribution in [1.82, 2.24) is 18.0 Å². The van der Waals surface area contributed by atoms with Crippen LogP contribution in [0.1, 0.15) is 222 Å². The van der Waals surface area contributed by atoms with Crippen molar-refractivity contribution in [3.8, 4) is 23.9 Å². The minimum atomic E-state index is -3.80. The number of aromatic hydroxyl groups is 2. The van der Waals surface area contributed by atoms with Crippen molar-refractivity contribution in [3.63, 3.8) is 0 Å². The van der Waals surface area contributed by atoms with E-state index in [0.29, 0.717) is 58.8 Å². The topological polar surface area (TPSA) is 298 Å². The second kappa shape index (κ2) is 38.4. The van der Waals surface area contributed by atoms with Gasteiger partial charge in [0.15, 0.2) is 5.69 Å². The lowest BCUT2D eigenvalue weighted by atomic mass is 9.95. The summed E-state index contributed by atoms with van der Waals surface area (Å²) in [5.74, 6) is -0.638. The number of aromatic nitrogens is 2. The number of nitrogens with two attached hydrogens (primary N) is 1. The Hall–Kier alpha value is -6.92. The van der Waals surface area contributed by atoms with E-state index in [1.807, 2.05) is 12.1 Å². The van der Waals surface area contributed by atoms with Crippen LogP contribution in [0.5, 0.6) is 11.8 Å². The zero-order valence-corrected chi connectivity index (χ0v) is 60.8. The molecule has 0 spiro atoms. The number of nitrogens with zero attached hydrogens (tertiary/aromatic N) is 10. The van der Waals surface area contributed by atoms with Gasteiger partial charge in [-0.05, 0) is 117 Å². The number of amides is 2. The van der Waals surface area contributed by atoms with Crippen LogP contribution in [0.3, 0.4) is 0 Å². The quantitative estimate of drug-likeness (QED) is 0.0303. The number of carbonyl (C=O) groups excluding carboxylic acids is 2. The normalized spacial score (nSPS) is 13.3. The fourth-order valence-corrected chi connectivity index (χ4v) is 13.8. The fraction of sp³-hybridized carbons (Fsp3) is 0.629. The number of nitriles is 2. The minimum Gasteiger partial charge on any atom is -0.492 e. The number of anilines is 1. The van der Waals surface area contributed by atoms with Gasteiger partial charge in [0.2, 0.25) is 43.6 Å². The number of hydrogen-bond donors (Lipinski definition) is 3. The van der Waals surface area contributed by atoms with Gasteiger partial charge in [-0.1, -0.05) is 174 Å². The predicted octanol–water partition coefficient (Wildman–Crippen LogP) is 14.3. The summed E-state index contributed by atoms with van der Waals surface area (Å²) in [4.78, 5) is 50.9. The molecule has 0 saturated heterocycles. The van der Waals surface area contributed by atoms with Crippen LogP contribution >= 0.6 is 0 Å². The highest BCUT2D eigenvalue weighted by molar-refractivity contribution is 7.89. The monoisotopic (exact) mass is 1330 g/mol. The first-order valence-electron chi connectivity index (χ1n) is 33.3. The Morgan fingerprint density at radius 1 is 0.559 bits per heavy atom. The van der Waals surface area contributed by atoms with Crippen molar-refractivity contribution in [2.45, 2.75) is 223 Å². The molecular weight excluding hydrogens is 1220 g/mol. The highest BCUT2D eigenvalue weighted by atomic mass is 32.2. The number of aryl methyl sites for hydroxylation is 1. The summed E-state index contributed by atoms with van der Waals surface area (Å²) in [6.07, 6.45) is 16.8. The maximum Gasteiger partial charge on any atom is 0.300 e. The van der Waals surface area contributed by atoms with Crippen LogP contribution in [-0.4, -0.2) is 97.1 Å². The summed E-state index contributed by atoms with van der Waals surface area (Å²) in [5.41, 5.74) is 3.65. The molecule has 0 aliphatic heterocycles. The van der Waals surface area contributed by atoms with Gasteiger partial charge in [-0.3, -0.25) is 19.2 Å². The molecule has 4 unspecified atom stereocenters. The first-order valence-corrected chi connectivity index (χ1v) is 36.1. The molecule has 4 atom stereocenters. The third-order valence-corrected chi connectivity index (χ3v) is 20.6. The second-order valence-electron chi connectivity index (χ2n) is 26.4. The molecule has 2 heterocycles. The van der Waals surface area contributed by atoms with Crippen molar-refractivity contribution in [2.24, 2.45) is 44.7 Å². The highest BCUT2D eigenvalue weighted by Crippen LogP contribution is 2.32. The summed E-state index contributed by atoms with van der Waals surface area (Å²) in [7, 11) is -4.59. The number of unbranched alkanes of at least 4 members (excludes halogenated alkanes) is 4. The fourth-order valence-electron chi connectivity index (χ4n) is 10.7. The van der Waals surface area contributed by atoms with Crippen LogP contribution in [0.2, 0.25) is 0 Å². The first kappa shape index (κ1) is 82.2. The zero-order valence-electron chi connectivity index (χ0n) is 59.2. The molecule has 4 N–H and O–H groups in total. The third kappa shape index (κ3) is 23.5. The van der Waals surface area contributed by atoms with Gasteiger partial charge in [0.05, 0.1) is 15.5 Å². The molecule has 2 aromatic heterocycles. The predicted molar refractivity (Wildman–Crippen MR) is 373 cm³/mol. The molecule has 0 saturated carbocycles. The Labute approximate surface area is 556 Å². The molecule has 0 aliphatic rings. The van der Waals surface area contributed by atoms with Crippen LogP contribution in [0.25, 0.3) is 0 Å². The second-order valence-corrected chi connectivity index (χ2v) is 30.3. The van der Waals surface area contributed by atoms with Crippen molar-refractivity contribution in [3.05, 3.63) is 97.6 Å². The summed E-state index contributed by atoms with van der Waals surface area (Å²) in [5, 5.41) is 49.7. The van der Waals surface area contributed by atoms with Gasteiger partial charge in [0.1, 0.15) is 23.3 Å². The lowest BCUT2D eigenvalue weighted by Gasteiger charge is -2.30. The molecule has 0 bridgehead atoms. The maximum atomic E-state index is 14.0. The maximum absolute atomic E-state index is 14.0. The number of azo groups is 1. The van der Waals surface area contributed by atoms with E-state index in [-0.39, 0.29) is 50.7 Å². The van der Waals surface area contributed by atoms with E-state index in [1.165, 1.54) is 51.4 Å². The third-order valence-electron chi connectivity index (χ3n) is 16.9. The van der Waals surface area contributed by atoms with Crippen molar-refractivity contribution >= 4 is 48.9 Å². The standard InChI is InChI=1S/C35H54N6O5S.C22H40N2O2S.C13H17N3O3/c1-10-14-16-26(12-3)23-40(24-27(13-4)17-15-11-2)47(45,46)29-20-18-28(19-21-29)37-38-31-25(5)30(22-36)32(42)41(33(31)43)39(9)34(44)35(6,7)8;1-5-9-11-19(7-3)17-24(18-20(8-4)12-10-6-2)27(25,26)22-15-13-21(23)14-16-22;1-8-6-10(17)16(11(18)9(8)7-14)15(5)12(19)13(2,3)4/h18-21,26-27,42H,10-17,23-24H2,1-9H3;13-16,19-20H,5-12,17-18,23H2,1-4H3;6,18H,1-5H3. The van der Waals surface area contributed by atoms with E-state index >= 15 is 0 Å². The molecule has 0 fully saturated rings. The van der Waals surface area contributed by atoms with Gasteiger partial charge in [-0.15, -0.1) is 5.11 Å². The molecule has 518 valence electrons. The number of hydrogen-bond acceptors (Lipinski definition) is 15. The van der Waals surface area contributed by atoms with Gasteiger partial charge in [-0.2, -0.15) is 33.6 Å². The van der Waals surface area contributed by atoms with E-state index in [4.69, 9.17) is 11.0 Å². The average molecular weight is 1330 g/mol. The number of pyridine rings is 2. The zero-order chi connectivity index (χ0) is 70.8. The van der Waals surface area contributed by atoms with Gasteiger partial charge >= 0.3 is 5.56 Å². The molecule has 93 heavy (non-hydrogen) atoms. The van der Waals surface area contributed by atoms with Crippen LogP contribution in [0.15, 0.2) is 84.2 Å². The summed E-state index contributed by atoms with van der Waals surface area (Å²) in [6, 6.07) is 17.6. The molecule has 23 heteroatoms. The van der Waals surface area contributed by atoms with Gasteiger partial charge < -0.3 is 15.9 Å². The molecule has 2 amide bonds. The van der Waals surface area contributed by atoms with Crippen LogP contribution in [0, 0.1) is 71.0 Å². The number of carbonyl (C=O) groups is 2. The van der Waals surface area contributed by atoms with Gasteiger partial charge in [0, 0.05) is 68.4 Å². The Morgan fingerprint density at radius 2 is 0.892 bits per heavy atom. The van der Waals surface area contributed by atoms with Gasteiger partial charge in [0.25, 0.3) is 5.56 Å². The minimum absolute atomic E-state index is 0.0202. The molecule has 4 aromatic rings. The van der Waals surface area contributed by atoms with E-state index in [0.717, 1.165) is 117 Å². The molecule has 0 aliphatic carbocycles. The molecule has 0 radical (unpaired) electrons. The van der Waals surface area contributed by atoms with Crippen molar-refractivity contribution < 1.29 is 36.6 Å². The largest absolute Gasteiger partial charge is 0.492 e.